The van der Waals surface area contributed by atoms with E-state index in [2.05, 4.69) is 15.8 Å². The molecule has 0 radical (unpaired) electrons. The van der Waals surface area contributed by atoms with E-state index in [0.717, 1.165) is 42.0 Å². The number of amides is 2. The van der Waals surface area contributed by atoms with Gasteiger partial charge in [-0.3, -0.25) is 9.59 Å². The zero-order valence-electron chi connectivity index (χ0n) is 12.8. The molecule has 1 aliphatic carbocycles. The third-order valence-electron chi connectivity index (χ3n) is 4.09. The van der Waals surface area contributed by atoms with Gasteiger partial charge in [0.1, 0.15) is 0 Å². The van der Waals surface area contributed by atoms with Crippen LogP contribution in [0, 0.1) is 0 Å². The molecule has 0 heterocycles. The number of hydrazone groups is 1. The molecule has 0 saturated heterocycles. The highest BCUT2D eigenvalue weighted by Crippen LogP contribution is 2.17. The molecule has 0 aromatic heterocycles. The number of nitrogens with one attached hydrogen (secondary N) is 2. The van der Waals surface area contributed by atoms with Gasteiger partial charge in [0.25, 0.3) is 0 Å². The summed E-state index contributed by atoms with van der Waals surface area (Å²) in [5, 5.41) is 8.78. The molecule has 2 aromatic carbocycles. The third kappa shape index (κ3) is 3.74. The number of hydrogen-bond donors (Lipinski definition) is 2. The van der Waals surface area contributed by atoms with Gasteiger partial charge in [0.2, 0.25) is 0 Å². The van der Waals surface area contributed by atoms with Crippen molar-refractivity contribution in [1.29, 1.82) is 0 Å². The third-order valence-corrected chi connectivity index (χ3v) is 4.09. The highest BCUT2D eigenvalue weighted by atomic mass is 16.2. The van der Waals surface area contributed by atoms with E-state index in [0.29, 0.717) is 0 Å². The normalized spacial score (nSPS) is 15.1. The fourth-order valence-electron chi connectivity index (χ4n) is 2.90. The summed E-state index contributed by atoms with van der Waals surface area (Å²) >= 11 is 0. The molecule has 3 rings (SSSR count). The molecule has 0 spiro atoms. The van der Waals surface area contributed by atoms with E-state index in [4.69, 9.17) is 0 Å². The molecule has 1 fully saturated rings. The first-order valence-corrected chi connectivity index (χ1v) is 7.86. The van der Waals surface area contributed by atoms with Crippen molar-refractivity contribution < 1.29 is 9.59 Å². The molecule has 2 N–H and O–H groups in total. The van der Waals surface area contributed by atoms with Gasteiger partial charge < -0.3 is 5.32 Å². The average molecular weight is 309 g/mol. The van der Waals surface area contributed by atoms with Crippen LogP contribution in [-0.4, -0.2) is 24.1 Å². The van der Waals surface area contributed by atoms with Gasteiger partial charge in [-0.15, -0.1) is 0 Å². The quantitative estimate of drug-likeness (QED) is 0.519. The van der Waals surface area contributed by atoms with Gasteiger partial charge in [0.05, 0.1) is 6.21 Å². The largest absolute Gasteiger partial charge is 0.345 e. The molecule has 5 heteroatoms. The Hall–Kier alpha value is -2.69. The first kappa shape index (κ1) is 15.2. The Morgan fingerprint density at radius 2 is 1.74 bits per heavy atom. The topological polar surface area (TPSA) is 70.6 Å². The van der Waals surface area contributed by atoms with Crippen molar-refractivity contribution in [2.24, 2.45) is 5.10 Å². The first-order valence-electron chi connectivity index (χ1n) is 7.86. The standard InChI is InChI=1S/C18H19N3O2/c22-17(20-15-9-2-3-10-15)18(23)21-19-12-14-8-5-7-13-6-1-4-11-16(13)14/h1,4-8,11-12,15H,2-3,9-10H2,(H,20,22)(H,21,23)/b19-12+. The van der Waals surface area contributed by atoms with Crippen molar-refractivity contribution in [3.05, 3.63) is 48.0 Å². The second kappa shape index (κ2) is 7.05. The van der Waals surface area contributed by atoms with Gasteiger partial charge in [-0.2, -0.15) is 5.10 Å². The molecular formula is C18H19N3O2. The molecule has 1 saturated carbocycles. The van der Waals surface area contributed by atoms with E-state index in [9.17, 15) is 9.59 Å². The maximum atomic E-state index is 11.8. The highest BCUT2D eigenvalue weighted by Gasteiger charge is 2.20. The van der Waals surface area contributed by atoms with E-state index in [1.165, 1.54) is 0 Å². The van der Waals surface area contributed by atoms with E-state index < -0.39 is 11.8 Å². The number of hydrogen-bond acceptors (Lipinski definition) is 3. The summed E-state index contributed by atoms with van der Waals surface area (Å²) in [5.74, 6) is -1.35. The Balaban J connectivity index is 1.61. The van der Waals surface area contributed by atoms with Gasteiger partial charge in [-0.1, -0.05) is 55.3 Å². The molecule has 0 aliphatic heterocycles. The van der Waals surface area contributed by atoms with Crippen LogP contribution in [0.1, 0.15) is 31.2 Å². The van der Waals surface area contributed by atoms with Crippen LogP contribution in [0.5, 0.6) is 0 Å². The summed E-state index contributed by atoms with van der Waals surface area (Å²) in [7, 11) is 0. The number of rotatable bonds is 3. The van der Waals surface area contributed by atoms with Crippen molar-refractivity contribution >= 4 is 28.8 Å². The Bertz CT molecular complexity index is 744. The van der Waals surface area contributed by atoms with Crippen LogP contribution in [0.25, 0.3) is 10.8 Å². The van der Waals surface area contributed by atoms with Gasteiger partial charge in [0.15, 0.2) is 0 Å². The van der Waals surface area contributed by atoms with Crippen molar-refractivity contribution in [2.75, 3.05) is 0 Å². The zero-order chi connectivity index (χ0) is 16.1. The van der Waals surface area contributed by atoms with E-state index >= 15 is 0 Å². The maximum Gasteiger partial charge on any atom is 0.329 e. The van der Waals surface area contributed by atoms with Crippen LogP contribution in [0.2, 0.25) is 0 Å². The lowest BCUT2D eigenvalue weighted by atomic mass is 10.1. The Morgan fingerprint density at radius 1 is 1.00 bits per heavy atom. The van der Waals surface area contributed by atoms with Gasteiger partial charge in [-0.05, 0) is 23.6 Å². The first-order chi connectivity index (χ1) is 11.2. The molecule has 1 aliphatic rings. The Morgan fingerprint density at radius 3 is 2.57 bits per heavy atom. The molecule has 118 valence electrons. The fraction of sp³-hybridized carbons (Fsp3) is 0.278. The number of fused-ring (bicyclic) bond motifs is 1. The van der Waals surface area contributed by atoms with Crippen LogP contribution in [0.4, 0.5) is 0 Å². The minimum absolute atomic E-state index is 0.121. The highest BCUT2D eigenvalue weighted by molar-refractivity contribution is 6.35. The number of carbonyl (C=O) groups is 2. The van der Waals surface area contributed by atoms with Crippen molar-refractivity contribution in [1.82, 2.24) is 10.7 Å². The lowest BCUT2D eigenvalue weighted by molar-refractivity contribution is -0.139. The van der Waals surface area contributed by atoms with Gasteiger partial charge in [-0.25, -0.2) is 5.43 Å². The molecule has 5 nitrogen and oxygen atoms in total. The van der Waals surface area contributed by atoms with Crippen LogP contribution in [-0.2, 0) is 9.59 Å². The van der Waals surface area contributed by atoms with Crippen LogP contribution >= 0.6 is 0 Å². The van der Waals surface area contributed by atoms with E-state index in [1.807, 2.05) is 42.5 Å². The lowest BCUT2D eigenvalue weighted by Crippen LogP contribution is -2.42. The monoisotopic (exact) mass is 309 g/mol. The smallest absolute Gasteiger partial charge is 0.329 e. The Labute approximate surface area is 134 Å². The average Bonchev–Trinajstić information content (AvgIpc) is 3.08. The van der Waals surface area contributed by atoms with Crippen LogP contribution in [0.15, 0.2) is 47.6 Å². The van der Waals surface area contributed by atoms with Gasteiger partial charge in [0, 0.05) is 11.6 Å². The fourth-order valence-corrected chi connectivity index (χ4v) is 2.90. The lowest BCUT2D eigenvalue weighted by Gasteiger charge is -2.10. The Kier molecular flexibility index (Phi) is 4.66. The molecule has 23 heavy (non-hydrogen) atoms. The summed E-state index contributed by atoms with van der Waals surface area (Å²) in [6.45, 7) is 0. The second-order valence-electron chi connectivity index (χ2n) is 5.72. The van der Waals surface area contributed by atoms with Gasteiger partial charge >= 0.3 is 11.8 Å². The zero-order valence-corrected chi connectivity index (χ0v) is 12.8. The summed E-state index contributed by atoms with van der Waals surface area (Å²) in [6, 6.07) is 13.9. The molecule has 0 bridgehead atoms. The predicted octanol–water partition coefficient (Wildman–Crippen LogP) is 2.35. The number of nitrogens with zero attached hydrogens (tertiary/aromatic N) is 1. The van der Waals surface area contributed by atoms with Crippen molar-refractivity contribution in [2.45, 2.75) is 31.7 Å². The number of benzene rings is 2. The van der Waals surface area contributed by atoms with E-state index in [1.54, 1.807) is 6.21 Å². The minimum Gasteiger partial charge on any atom is -0.345 e. The molecule has 2 aromatic rings. The molecule has 0 atom stereocenters. The maximum absolute atomic E-state index is 11.8. The summed E-state index contributed by atoms with van der Waals surface area (Å²) in [4.78, 5) is 23.5. The SMILES string of the molecule is O=C(N/N=C/c1cccc2ccccc12)C(=O)NC1CCCC1. The number of carbonyl (C=O) groups excluding carboxylic acids is 2. The predicted molar refractivity (Wildman–Crippen MR) is 90.1 cm³/mol. The molecule has 0 unspecified atom stereocenters. The summed E-state index contributed by atoms with van der Waals surface area (Å²) < 4.78 is 0. The molecular weight excluding hydrogens is 290 g/mol. The minimum atomic E-state index is -0.728. The van der Waals surface area contributed by atoms with Crippen molar-refractivity contribution in [3.63, 3.8) is 0 Å². The van der Waals surface area contributed by atoms with Crippen LogP contribution in [0.3, 0.4) is 0 Å². The molecule has 2 amide bonds. The summed E-state index contributed by atoms with van der Waals surface area (Å²) in [5.41, 5.74) is 3.18. The van der Waals surface area contributed by atoms with Crippen LogP contribution < -0.4 is 10.7 Å². The summed E-state index contributed by atoms with van der Waals surface area (Å²) in [6.07, 6.45) is 5.65. The second-order valence-corrected chi connectivity index (χ2v) is 5.72. The van der Waals surface area contributed by atoms with E-state index in [-0.39, 0.29) is 6.04 Å². The van der Waals surface area contributed by atoms with Crippen molar-refractivity contribution in [3.8, 4) is 0 Å².